The van der Waals surface area contributed by atoms with Gasteiger partial charge < -0.3 is 10.1 Å². The Morgan fingerprint density at radius 1 is 1.38 bits per heavy atom. The van der Waals surface area contributed by atoms with Crippen LogP contribution in [-0.2, 0) is 6.42 Å². The minimum absolute atomic E-state index is 0.150. The Kier molecular flexibility index (Phi) is 2.94. The number of hydrogen-bond donors (Lipinski definition) is 1. The summed E-state index contributed by atoms with van der Waals surface area (Å²) in [6.07, 6.45) is 2.35. The first-order chi connectivity index (χ1) is 7.60. The van der Waals surface area contributed by atoms with E-state index in [1.807, 2.05) is 7.05 Å². The van der Waals surface area contributed by atoms with Crippen molar-refractivity contribution in [3.8, 4) is 5.75 Å². The summed E-state index contributed by atoms with van der Waals surface area (Å²) in [4.78, 5) is 0. The zero-order valence-electron chi connectivity index (χ0n) is 10.6. The fourth-order valence-corrected chi connectivity index (χ4v) is 2.74. The average molecular weight is 219 g/mol. The maximum atomic E-state index is 5.43. The van der Waals surface area contributed by atoms with Crippen LogP contribution in [-0.4, -0.2) is 19.7 Å². The third-order valence-corrected chi connectivity index (χ3v) is 3.96. The highest BCUT2D eigenvalue weighted by atomic mass is 16.5. The Morgan fingerprint density at radius 2 is 2.12 bits per heavy atom. The molecule has 0 saturated carbocycles. The first kappa shape index (κ1) is 11.5. The van der Waals surface area contributed by atoms with Crippen molar-refractivity contribution in [2.45, 2.75) is 38.1 Å². The van der Waals surface area contributed by atoms with E-state index >= 15 is 0 Å². The van der Waals surface area contributed by atoms with Crippen LogP contribution >= 0.6 is 0 Å². The molecule has 0 fully saturated rings. The predicted octanol–water partition coefficient (Wildman–Crippen LogP) is 2.72. The second kappa shape index (κ2) is 4.10. The lowest BCUT2D eigenvalue weighted by molar-refractivity contribution is 0.341. The van der Waals surface area contributed by atoms with Gasteiger partial charge in [0.05, 0.1) is 7.11 Å². The predicted molar refractivity (Wildman–Crippen MR) is 67.2 cm³/mol. The van der Waals surface area contributed by atoms with Crippen LogP contribution in [0.2, 0.25) is 0 Å². The van der Waals surface area contributed by atoms with Crippen molar-refractivity contribution in [2.75, 3.05) is 14.2 Å². The van der Waals surface area contributed by atoms with Gasteiger partial charge in [0.25, 0.3) is 0 Å². The SMILES string of the molecule is CNC(C)(C)C1CCc2c(OC)cccc21. The highest BCUT2D eigenvalue weighted by Crippen LogP contribution is 2.43. The average Bonchev–Trinajstić information content (AvgIpc) is 2.73. The minimum Gasteiger partial charge on any atom is -0.496 e. The molecule has 2 rings (SSSR count). The molecule has 2 heteroatoms. The first-order valence-corrected chi connectivity index (χ1v) is 5.95. The molecule has 1 N–H and O–H groups in total. The van der Waals surface area contributed by atoms with Gasteiger partial charge in [-0.1, -0.05) is 12.1 Å². The molecule has 0 aromatic heterocycles. The molecule has 1 aliphatic rings. The minimum atomic E-state index is 0.150. The van der Waals surface area contributed by atoms with Gasteiger partial charge in [0.15, 0.2) is 0 Å². The van der Waals surface area contributed by atoms with Crippen molar-refractivity contribution in [3.63, 3.8) is 0 Å². The summed E-state index contributed by atoms with van der Waals surface area (Å²) in [5, 5.41) is 3.42. The molecule has 1 aromatic carbocycles. The number of fused-ring (bicyclic) bond motifs is 1. The van der Waals surface area contributed by atoms with E-state index in [2.05, 4.69) is 37.4 Å². The van der Waals surface area contributed by atoms with Gasteiger partial charge in [0.1, 0.15) is 5.75 Å². The van der Waals surface area contributed by atoms with E-state index in [1.54, 1.807) is 7.11 Å². The lowest BCUT2D eigenvalue weighted by atomic mass is 9.83. The molecule has 88 valence electrons. The zero-order valence-corrected chi connectivity index (χ0v) is 10.6. The summed E-state index contributed by atoms with van der Waals surface area (Å²) < 4.78 is 5.43. The summed E-state index contributed by atoms with van der Waals surface area (Å²) in [5.74, 6) is 1.63. The molecule has 0 aliphatic heterocycles. The van der Waals surface area contributed by atoms with Crippen molar-refractivity contribution < 1.29 is 4.74 Å². The molecular formula is C14H21NO. The summed E-state index contributed by atoms with van der Waals surface area (Å²) in [7, 11) is 3.80. The van der Waals surface area contributed by atoms with E-state index in [9.17, 15) is 0 Å². The molecule has 0 heterocycles. The summed E-state index contributed by atoms with van der Waals surface area (Å²) >= 11 is 0. The van der Waals surface area contributed by atoms with Gasteiger partial charge in [-0.15, -0.1) is 0 Å². The number of benzene rings is 1. The molecule has 1 unspecified atom stereocenters. The second-order valence-electron chi connectivity index (χ2n) is 5.09. The highest BCUT2D eigenvalue weighted by molar-refractivity contribution is 5.46. The van der Waals surface area contributed by atoms with Crippen LogP contribution in [0.5, 0.6) is 5.75 Å². The molecule has 0 radical (unpaired) electrons. The van der Waals surface area contributed by atoms with Crippen LogP contribution in [0.4, 0.5) is 0 Å². The van der Waals surface area contributed by atoms with Crippen LogP contribution in [0, 0.1) is 0 Å². The molecule has 0 spiro atoms. The highest BCUT2D eigenvalue weighted by Gasteiger charge is 2.35. The summed E-state index contributed by atoms with van der Waals surface area (Å²) in [6, 6.07) is 6.41. The van der Waals surface area contributed by atoms with Crippen LogP contribution < -0.4 is 10.1 Å². The topological polar surface area (TPSA) is 21.3 Å². The lowest BCUT2D eigenvalue weighted by Gasteiger charge is -2.32. The molecule has 1 atom stereocenters. The quantitative estimate of drug-likeness (QED) is 0.844. The van der Waals surface area contributed by atoms with Gasteiger partial charge in [0.2, 0.25) is 0 Å². The largest absolute Gasteiger partial charge is 0.496 e. The Labute approximate surface area is 98.0 Å². The first-order valence-electron chi connectivity index (χ1n) is 5.95. The molecule has 16 heavy (non-hydrogen) atoms. The lowest BCUT2D eigenvalue weighted by Crippen LogP contribution is -2.41. The standard InChI is InChI=1S/C14H21NO/c1-14(2,15-3)12-9-8-11-10(12)6-5-7-13(11)16-4/h5-7,12,15H,8-9H2,1-4H3. The van der Waals surface area contributed by atoms with Crippen molar-refractivity contribution >= 4 is 0 Å². The van der Waals surface area contributed by atoms with E-state index < -0.39 is 0 Å². The number of hydrogen-bond acceptors (Lipinski definition) is 2. The van der Waals surface area contributed by atoms with Gasteiger partial charge in [-0.25, -0.2) is 0 Å². The fourth-order valence-electron chi connectivity index (χ4n) is 2.74. The Hall–Kier alpha value is -1.02. The maximum absolute atomic E-state index is 5.43. The molecule has 0 amide bonds. The van der Waals surface area contributed by atoms with E-state index in [1.165, 1.54) is 17.5 Å². The van der Waals surface area contributed by atoms with E-state index in [0.29, 0.717) is 5.92 Å². The fraction of sp³-hybridized carbons (Fsp3) is 0.571. The molecule has 1 aliphatic carbocycles. The third kappa shape index (κ3) is 1.71. The number of methoxy groups -OCH3 is 1. The Morgan fingerprint density at radius 3 is 2.75 bits per heavy atom. The smallest absolute Gasteiger partial charge is 0.122 e. The maximum Gasteiger partial charge on any atom is 0.122 e. The van der Waals surface area contributed by atoms with Crippen LogP contribution in [0.25, 0.3) is 0 Å². The van der Waals surface area contributed by atoms with Crippen molar-refractivity contribution in [1.29, 1.82) is 0 Å². The van der Waals surface area contributed by atoms with E-state index in [0.717, 1.165) is 12.2 Å². The molecule has 2 nitrogen and oxygen atoms in total. The zero-order chi connectivity index (χ0) is 11.8. The summed E-state index contributed by atoms with van der Waals surface area (Å²) in [6.45, 7) is 4.54. The number of nitrogens with one attached hydrogen (secondary N) is 1. The van der Waals surface area contributed by atoms with Crippen LogP contribution in [0.1, 0.15) is 37.3 Å². The van der Waals surface area contributed by atoms with Crippen LogP contribution in [0.3, 0.4) is 0 Å². The molecule has 0 saturated heterocycles. The van der Waals surface area contributed by atoms with Crippen molar-refractivity contribution in [2.24, 2.45) is 0 Å². The van der Waals surface area contributed by atoms with Crippen molar-refractivity contribution in [3.05, 3.63) is 29.3 Å². The third-order valence-electron chi connectivity index (χ3n) is 3.96. The van der Waals surface area contributed by atoms with E-state index in [4.69, 9.17) is 4.74 Å². The van der Waals surface area contributed by atoms with Gasteiger partial charge >= 0.3 is 0 Å². The van der Waals surface area contributed by atoms with Gasteiger partial charge in [-0.2, -0.15) is 0 Å². The molecular weight excluding hydrogens is 198 g/mol. The normalized spacial score (nSPS) is 19.6. The van der Waals surface area contributed by atoms with Crippen molar-refractivity contribution in [1.82, 2.24) is 5.32 Å². The van der Waals surface area contributed by atoms with Gasteiger partial charge in [-0.3, -0.25) is 0 Å². The van der Waals surface area contributed by atoms with Gasteiger partial charge in [-0.05, 0) is 50.9 Å². The summed E-state index contributed by atoms with van der Waals surface area (Å²) in [5.41, 5.74) is 3.01. The van der Waals surface area contributed by atoms with Gasteiger partial charge in [0, 0.05) is 11.5 Å². The number of rotatable bonds is 3. The van der Waals surface area contributed by atoms with Crippen LogP contribution in [0.15, 0.2) is 18.2 Å². The number of likely N-dealkylation sites (N-methyl/N-ethyl adjacent to an activating group) is 1. The number of ether oxygens (including phenoxy) is 1. The van der Waals surface area contributed by atoms with E-state index in [-0.39, 0.29) is 5.54 Å². The Balaban J connectivity index is 2.41. The molecule has 1 aromatic rings. The molecule has 0 bridgehead atoms. The second-order valence-corrected chi connectivity index (χ2v) is 5.09. The Bertz CT molecular complexity index is 384. The monoisotopic (exact) mass is 219 g/mol.